The third-order valence-corrected chi connectivity index (χ3v) is 6.23. The van der Waals surface area contributed by atoms with Crippen molar-refractivity contribution < 1.29 is 0 Å². The first kappa shape index (κ1) is 16.1. The van der Waals surface area contributed by atoms with Crippen molar-refractivity contribution in [2.45, 2.75) is 58.5 Å². The van der Waals surface area contributed by atoms with Gasteiger partial charge in [-0.1, -0.05) is 31.7 Å². The van der Waals surface area contributed by atoms with Crippen molar-refractivity contribution in [2.75, 3.05) is 6.54 Å². The van der Waals surface area contributed by atoms with Gasteiger partial charge in [0.15, 0.2) is 0 Å². The summed E-state index contributed by atoms with van der Waals surface area (Å²) in [5.41, 5.74) is 6.56. The molecule has 0 aromatic carbocycles. The molecular weight excluding hydrogens is 322 g/mol. The van der Waals surface area contributed by atoms with E-state index in [9.17, 15) is 0 Å². The van der Waals surface area contributed by atoms with E-state index in [1.54, 1.807) is 0 Å². The Morgan fingerprint density at radius 2 is 2.08 bits per heavy atom. The summed E-state index contributed by atoms with van der Waals surface area (Å²) >= 11 is 0. The summed E-state index contributed by atoms with van der Waals surface area (Å²) in [5.74, 6) is 1.91. The molecule has 0 radical (unpaired) electrons. The summed E-state index contributed by atoms with van der Waals surface area (Å²) in [5, 5.41) is 8.01. The number of hydrogen-bond donors (Lipinski definition) is 1. The van der Waals surface area contributed by atoms with Crippen molar-refractivity contribution in [3.05, 3.63) is 52.9 Å². The zero-order valence-electron chi connectivity index (χ0n) is 15.5. The summed E-state index contributed by atoms with van der Waals surface area (Å²) in [7, 11) is 0. The van der Waals surface area contributed by atoms with Gasteiger partial charge in [0.2, 0.25) is 0 Å². The van der Waals surface area contributed by atoms with Gasteiger partial charge >= 0.3 is 0 Å². The van der Waals surface area contributed by atoms with Gasteiger partial charge in [-0.25, -0.2) is 4.98 Å². The first-order valence-electron chi connectivity index (χ1n) is 9.98. The molecule has 0 atom stereocenters. The van der Waals surface area contributed by atoms with Gasteiger partial charge in [0.1, 0.15) is 5.82 Å². The van der Waals surface area contributed by atoms with Crippen molar-refractivity contribution in [1.82, 2.24) is 24.5 Å². The van der Waals surface area contributed by atoms with E-state index in [0.29, 0.717) is 0 Å². The number of rotatable bonds is 4. The number of aromatic amines is 1. The van der Waals surface area contributed by atoms with Crippen LogP contribution >= 0.6 is 0 Å². The molecule has 1 saturated carbocycles. The Bertz CT molecular complexity index is 916. The van der Waals surface area contributed by atoms with Gasteiger partial charge in [0.05, 0.1) is 16.9 Å². The lowest BCUT2D eigenvalue weighted by Gasteiger charge is -2.26. The number of H-pyrrole nitrogens is 1. The van der Waals surface area contributed by atoms with Gasteiger partial charge in [0.25, 0.3) is 0 Å². The third kappa shape index (κ3) is 2.84. The van der Waals surface area contributed by atoms with Crippen LogP contribution in [0.25, 0.3) is 5.52 Å². The van der Waals surface area contributed by atoms with Crippen molar-refractivity contribution >= 4 is 5.52 Å². The predicted molar refractivity (Wildman–Crippen MR) is 102 cm³/mol. The Kier molecular flexibility index (Phi) is 4.04. The van der Waals surface area contributed by atoms with E-state index in [4.69, 9.17) is 4.98 Å². The van der Waals surface area contributed by atoms with Crippen LogP contribution in [0.4, 0.5) is 0 Å². The van der Waals surface area contributed by atoms with E-state index in [2.05, 4.69) is 50.8 Å². The monoisotopic (exact) mass is 349 g/mol. The topological polar surface area (TPSA) is 49.2 Å². The lowest BCUT2D eigenvalue weighted by atomic mass is 9.96. The molecule has 4 heterocycles. The Labute approximate surface area is 154 Å². The van der Waals surface area contributed by atoms with Crippen LogP contribution in [0.15, 0.2) is 24.4 Å². The van der Waals surface area contributed by atoms with Crippen LogP contribution in [0.5, 0.6) is 0 Å². The molecule has 0 unspecified atom stereocenters. The number of aryl methyl sites for hydroxylation is 1. The SMILES string of the molecule is Cc1nc(CN2CCc3[nH]nc(CC4CCCC4)c3C2)c2ccccn12. The van der Waals surface area contributed by atoms with Crippen LogP contribution < -0.4 is 0 Å². The molecule has 1 aliphatic heterocycles. The maximum Gasteiger partial charge on any atom is 0.110 e. The van der Waals surface area contributed by atoms with E-state index >= 15 is 0 Å². The molecule has 5 heteroatoms. The quantitative estimate of drug-likeness (QED) is 0.782. The average Bonchev–Trinajstić information content (AvgIpc) is 3.38. The number of hydrogen-bond acceptors (Lipinski definition) is 3. The summed E-state index contributed by atoms with van der Waals surface area (Å²) in [6.45, 7) is 5.07. The van der Waals surface area contributed by atoms with E-state index in [-0.39, 0.29) is 0 Å². The van der Waals surface area contributed by atoms with Crippen LogP contribution in [0.3, 0.4) is 0 Å². The fourth-order valence-electron chi connectivity index (χ4n) is 4.80. The Morgan fingerprint density at radius 1 is 1.19 bits per heavy atom. The molecule has 1 aliphatic carbocycles. The number of nitrogens with one attached hydrogen (secondary N) is 1. The standard InChI is InChI=1S/C21H27N5/c1-15-22-20(21-8-4-5-10-26(15)21)14-25-11-9-18-17(13-25)19(24-23-18)12-16-6-2-3-7-16/h4-5,8,10,16H,2-3,6-7,9,11-14H2,1H3,(H,23,24). The maximum absolute atomic E-state index is 4.83. The average molecular weight is 349 g/mol. The predicted octanol–water partition coefficient (Wildman–Crippen LogP) is 3.66. The fraction of sp³-hybridized carbons (Fsp3) is 0.524. The van der Waals surface area contributed by atoms with Crippen molar-refractivity contribution in [3.63, 3.8) is 0 Å². The van der Waals surface area contributed by atoms with Crippen molar-refractivity contribution in [2.24, 2.45) is 5.92 Å². The molecule has 0 spiro atoms. The van der Waals surface area contributed by atoms with Gasteiger partial charge < -0.3 is 4.40 Å². The van der Waals surface area contributed by atoms with Crippen LogP contribution in [-0.4, -0.2) is 31.0 Å². The van der Waals surface area contributed by atoms with E-state index in [1.807, 2.05) is 0 Å². The highest BCUT2D eigenvalue weighted by Gasteiger charge is 2.25. The fourth-order valence-corrected chi connectivity index (χ4v) is 4.80. The molecule has 26 heavy (non-hydrogen) atoms. The molecule has 136 valence electrons. The second kappa shape index (κ2) is 6.54. The summed E-state index contributed by atoms with van der Waals surface area (Å²) in [4.78, 5) is 7.36. The van der Waals surface area contributed by atoms with E-state index in [1.165, 1.54) is 53.8 Å². The first-order chi connectivity index (χ1) is 12.8. The molecule has 1 N–H and O–H groups in total. The van der Waals surface area contributed by atoms with Crippen LogP contribution in [0, 0.1) is 12.8 Å². The highest BCUT2D eigenvalue weighted by molar-refractivity contribution is 5.53. The molecule has 2 aliphatic rings. The molecule has 0 amide bonds. The second-order valence-corrected chi connectivity index (χ2v) is 8.00. The summed E-state index contributed by atoms with van der Waals surface area (Å²) in [6.07, 6.45) is 9.89. The van der Waals surface area contributed by atoms with Gasteiger partial charge in [-0.3, -0.25) is 10.00 Å². The van der Waals surface area contributed by atoms with Gasteiger partial charge in [-0.2, -0.15) is 5.10 Å². The Morgan fingerprint density at radius 3 is 2.96 bits per heavy atom. The van der Waals surface area contributed by atoms with Crippen LogP contribution in [-0.2, 0) is 25.9 Å². The molecule has 5 rings (SSSR count). The van der Waals surface area contributed by atoms with Gasteiger partial charge in [-0.05, 0) is 31.4 Å². The number of nitrogens with zero attached hydrogens (tertiary/aromatic N) is 4. The minimum Gasteiger partial charge on any atom is -0.304 e. The number of aromatic nitrogens is 4. The highest BCUT2D eigenvalue weighted by Crippen LogP contribution is 2.30. The Balaban J connectivity index is 1.36. The molecule has 3 aromatic rings. The zero-order valence-corrected chi connectivity index (χ0v) is 15.5. The number of imidazole rings is 1. The van der Waals surface area contributed by atoms with E-state index in [0.717, 1.165) is 44.2 Å². The lowest BCUT2D eigenvalue weighted by Crippen LogP contribution is -2.30. The molecule has 0 saturated heterocycles. The molecular formula is C21H27N5. The highest BCUT2D eigenvalue weighted by atomic mass is 15.2. The number of pyridine rings is 1. The third-order valence-electron chi connectivity index (χ3n) is 6.23. The molecule has 3 aromatic heterocycles. The minimum absolute atomic E-state index is 0.845. The van der Waals surface area contributed by atoms with Crippen molar-refractivity contribution in [3.8, 4) is 0 Å². The Hall–Kier alpha value is -2.14. The zero-order chi connectivity index (χ0) is 17.5. The van der Waals surface area contributed by atoms with Gasteiger partial charge in [-0.15, -0.1) is 0 Å². The normalized spacial score (nSPS) is 18.7. The smallest absolute Gasteiger partial charge is 0.110 e. The van der Waals surface area contributed by atoms with E-state index < -0.39 is 0 Å². The molecule has 5 nitrogen and oxygen atoms in total. The van der Waals surface area contributed by atoms with Crippen molar-refractivity contribution in [1.29, 1.82) is 0 Å². The second-order valence-electron chi connectivity index (χ2n) is 8.00. The lowest BCUT2D eigenvalue weighted by molar-refractivity contribution is 0.242. The first-order valence-corrected chi connectivity index (χ1v) is 9.98. The molecule has 1 fully saturated rings. The molecule has 0 bridgehead atoms. The van der Waals surface area contributed by atoms with Gasteiger partial charge in [0, 0.05) is 43.5 Å². The summed E-state index contributed by atoms with van der Waals surface area (Å²) < 4.78 is 2.19. The maximum atomic E-state index is 4.83. The minimum atomic E-state index is 0.845. The van der Waals surface area contributed by atoms with Crippen LogP contribution in [0.1, 0.15) is 54.2 Å². The van der Waals surface area contributed by atoms with Crippen LogP contribution in [0.2, 0.25) is 0 Å². The largest absolute Gasteiger partial charge is 0.304 e. The number of fused-ring (bicyclic) bond motifs is 2. The summed E-state index contributed by atoms with van der Waals surface area (Å²) in [6, 6.07) is 6.34.